The standard InChI is InChI=1S/C24H25N3O3/c1-3-5-22(28)26-19-11-13-20(14-12-19)27-15-4-6-21(24(27)30)23(29)25-16-18-9-7-17(2)8-10-18/h4,6-15H,3,5,16H2,1-2H3,(H,25,29)(H,26,28). The van der Waals surface area contributed by atoms with E-state index in [0.717, 1.165) is 17.5 Å². The summed E-state index contributed by atoms with van der Waals surface area (Å²) in [6.45, 7) is 4.29. The second-order valence-electron chi connectivity index (χ2n) is 7.11. The number of amides is 2. The van der Waals surface area contributed by atoms with Gasteiger partial charge < -0.3 is 10.6 Å². The zero-order valence-corrected chi connectivity index (χ0v) is 17.1. The van der Waals surface area contributed by atoms with Gasteiger partial charge in [0.1, 0.15) is 5.56 Å². The third-order valence-corrected chi connectivity index (χ3v) is 4.67. The van der Waals surface area contributed by atoms with Gasteiger partial charge in [-0.2, -0.15) is 0 Å². The number of hydrogen-bond donors (Lipinski definition) is 2. The van der Waals surface area contributed by atoms with Gasteiger partial charge in [0.2, 0.25) is 5.91 Å². The van der Waals surface area contributed by atoms with Crippen molar-refractivity contribution in [1.82, 2.24) is 9.88 Å². The fraction of sp³-hybridized carbons (Fsp3) is 0.208. The SMILES string of the molecule is CCCC(=O)Nc1ccc(-n2cccc(C(=O)NCc3ccc(C)cc3)c2=O)cc1. The van der Waals surface area contributed by atoms with Gasteiger partial charge in [-0.1, -0.05) is 36.8 Å². The van der Waals surface area contributed by atoms with Crippen molar-refractivity contribution >= 4 is 17.5 Å². The molecule has 1 heterocycles. The Morgan fingerprint density at radius 2 is 1.67 bits per heavy atom. The summed E-state index contributed by atoms with van der Waals surface area (Å²) in [5, 5.41) is 5.61. The third-order valence-electron chi connectivity index (χ3n) is 4.67. The van der Waals surface area contributed by atoms with Crippen molar-refractivity contribution < 1.29 is 9.59 Å². The van der Waals surface area contributed by atoms with Crippen LogP contribution in [0.1, 0.15) is 41.3 Å². The van der Waals surface area contributed by atoms with Crippen LogP contribution in [0.2, 0.25) is 0 Å². The van der Waals surface area contributed by atoms with E-state index in [-0.39, 0.29) is 11.5 Å². The second-order valence-corrected chi connectivity index (χ2v) is 7.11. The summed E-state index contributed by atoms with van der Waals surface area (Å²) in [5.41, 5.74) is 3.06. The molecule has 2 aromatic carbocycles. The quantitative estimate of drug-likeness (QED) is 0.629. The van der Waals surface area contributed by atoms with Crippen molar-refractivity contribution in [2.75, 3.05) is 5.32 Å². The number of benzene rings is 2. The molecule has 6 heteroatoms. The molecule has 0 aliphatic carbocycles. The zero-order valence-electron chi connectivity index (χ0n) is 17.1. The Labute approximate surface area is 175 Å². The van der Waals surface area contributed by atoms with E-state index in [1.165, 1.54) is 10.6 Å². The number of pyridine rings is 1. The first kappa shape index (κ1) is 21.0. The molecule has 0 unspecified atom stereocenters. The van der Waals surface area contributed by atoms with E-state index in [2.05, 4.69) is 10.6 Å². The zero-order chi connectivity index (χ0) is 21.5. The van der Waals surface area contributed by atoms with E-state index in [4.69, 9.17) is 0 Å². The first-order valence-corrected chi connectivity index (χ1v) is 9.93. The summed E-state index contributed by atoms with van der Waals surface area (Å²) in [7, 11) is 0. The number of carbonyl (C=O) groups is 2. The molecule has 1 aromatic heterocycles. The van der Waals surface area contributed by atoms with Crippen LogP contribution in [0.4, 0.5) is 5.69 Å². The molecule has 0 aliphatic heterocycles. The average Bonchev–Trinajstić information content (AvgIpc) is 2.74. The Hall–Kier alpha value is -3.67. The Balaban J connectivity index is 1.74. The summed E-state index contributed by atoms with van der Waals surface area (Å²) >= 11 is 0. The van der Waals surface area contributed by atoms with Crippen molar-refractivity contribution in [1.29, 1.82) is 0 Å². The van der Waals surface area contributed by atoms with Crippen molar-refractivity contribution in [3.63, 3.8) is 0 Å². The van der Waals surface area contributed by atoms with E-state index in [1.54, 1.807) is 36.5 Å². The molecular weight excluding hydrogens is 378 g/mol. The smallest absolute Gasteiger partial charge is 0.267 e. The van der Waals surface area contributed by atoms with Crippen LogP contribution < -0.4 is 16.2 Å². The van der Waals surface area contributed by atoms with Gasteiger partial charge in [-0.05, 0) is 55.3 Å². The lowest BCUT2D eigenvalue weighted by molar-refractivity contribution is -0.116. The summed E-state index contributed by atoms with van der Waals surface area (Å²) in [4.78, 5) is 37.1. The van der Waals surface area contributed by atoms with E-state index in [9.17, 15) is 14.4 Å². The molecule has 3 aromatic rings. The fourth-order valence-electron chi connectivity index (χ4n) is 3.01. The molecule has 0 bridgehead atoms. The van der Waals surface area contributed by atoms with Crippen LogP contribution in [0.3, 0.4) is 0 Å². The van der Waals surface area contributed by atoms with E-state index in [0.29, 0.717) is 24.3 Å². The predicted molar refractivity (Wildman–Crippen MR) is 118 cm³/mol. The van der Waals surface area contributed by atoms with Crippen molar-refractivity contribution in [3.8, 4) is 5.69 Å². The first-order chi connectivity index (χ1) is 14.5. The van der Waals surface area contributed by atoms with Crippen LogP contribution in [0.5, 0.6) is 0 Å². The first-order valence-electron chi connectivity index (χ1n) is 9.93. The predicted octanol–water partition coefficient (Wildman–Crippen LogP) is 3.81. The highest BCUT2D eigenvalue weighted by Gasteiger charge is 2.13. The van der Waals surface area contributed by atoms with Crippen LogP contribution in [-0.4, -0.2) is 16.4 Å². The molecule has 0 aliphatic rings. The fourth-order valence-corrected chi connectivity index (χ4v) is 3.01. The summed E-state index contributed by atoms with van der Waals surface area (Å²) < 4.78 is 1.42. The number of carbonyl (C=O) groups excluding carboxylic acids is 2. The number of nitrogens with zero attached hydrogens (tertiary/aromatic N) is 1. The topological polar surface area (TPSA) is 80.2 Å². The monoisotopic (exact) mass is 403 g/mol. The number of hydrogen-bond acceptors (Lipinski definition) is 3. The molecular formula is C24H25N3O3. The molecule has 154 valence electrons. The molecule has 0 fully saturated rings. The maximum absolute atomic E-state index is 12.8. The summed E-state index contributed by atoms with van der Waals surface area (Å²) in [6, 6.07) is 18.0. The molecule has 2 N–H and O–H groups in total. The number of rotatable bonds is 7. The van der Waals surface area contributed by atoms with Gasteiger partial charge in [0.25, 0.3) is 11.5 Å². The van der Waals surface area contributed by atoms with Gasteiger partial charge in [-0.15, -0.1) is 0 Å². The molecule has 30 heavy (non-hydrogen) atoms. The highest BCUT2D eigenvalue weighted by Crippen LogP contribution is 2.13. The Morgan fingerprint density at radius 3 is 2.33 bits per heavy atom. The number of nitrogens with one attached hydrogen (secondary N) is 2. The molecule has 0 saturated carbocycles. The van der Waals surface area contributed by atoms with Gasteiger partial charge in [-0.3, -0.25) is 19.0 Å². The van der Waals surface area contributed by atoms with Crippen LogP contribution in [0.15, 0.2) is 71.7 Å². The minimum atomic E-state index is -0.418. The molecule has 6 nitrogen and oxygen atoms in total. The number of aromatic nitrogens is 1. The largest absolute Gasteiger partial charge is 0.348 e. The molecule has 3 rings (SSSR count). The van der Waals surface area contributed by atoms with Crippen LogP contribution in [0.25, 0.3) is 5.69 Å². The van der Waals surface area contributed by atoms with Crippen LogP contribution >= 0.6 is 0 Å². The Morgan fingerprint density at radius 1 is 0.967 bits per heavy atom. The Kier molecular flexibility index (Phi) is 6.80. The molecule has 0 atom stereocenters. The normalized spacial score (nSPS) is 10.5. The van der Waals surface area contributed by atoms with Gasteiger partial charge >= 0.3 is 0 Å². The maximum atomic E-state index is 12.8. The lowest BCUT2D eigenvalue weighted by atomic mass is 10.1. The minimum Gasteiger partial charge on any atom is -0.348 e. The van der Waals surface area contributed by atoms with E-state index in [1.807, 2.05) is 38.1 Å². The third kappa shape index (κ3) is 5.23. The van der Waals surface area contributed by atoms with Crippen molar-refractivity contribution in [3.05, 3.63) is 93.9 Å². The highest BCUT2D eigenvalue weighted by molar-refractivity contribution is 5.94. The molecule has 0 spiro atoms. The van der Waals surface area contributed by atoms with E-state index >= 15 is 0 Å². The van der Waals surface area contributed by atoms with E-state index < -0.39 is 11.5 Å². The lowest BCUT2D eigenvalue weighted by Crippen LogP contribution is -2.31. The highest BCUT2D eigenvalue weighted by atomic mass is 16.2. The molecule has 2 amide bonds. The summed E-state index contributed by atoms with van der Waals surface area (Å²) in [5.74, 6) is -0.465. The number of aryl methyl sites for hydroxylation is 1. The molecule has 0 saturated heterocycles. The van der Waals surface area contributed by atoms with Crippen LogP contribution in [-0.2, 0) is 11.3 Å². The van der Waals surface area contributed by atoms with Crippen molar-refractivity contribution in [2.45, 2.75) is 33.2 Å². The van der Waals surface area contributed by atoms with Gasteiger partial charge in [-0.25, -0.2) is 0 Å². The lowest BCUT2D eigenvalue weighted by Gasteiger charge is -2.10. The molecule has 0 radical (unpaired) electrons. The summed E-state index contributed by atoms with van der Waals surface area (Å²) in [6.07, 6.45) is 2.85. The number of anilines is 1. The van der Waals surface area contributed by atoms with Gasteiger partial charge in [0, 0.05) is 30.5 Å². The van der Waals surface area contributed by atoms with Crippen LogP contribution in [0, 0.1) is 6.92 Å². The van der Waals surface area contributed by atoms with Gasteiger partial charge in [0.05, 0.1) is 0 Å². The maximum Gasteiger partial charge on any atom is 0.267 e. The Bertz CT molecular complexity index is 1080. The van der Waals surface area contributed by atoms with Crippen molar-refractivity contribution in [2.24, 2.45) is 0 Å². The van der Waals surface area contributed by atoms with Gasteiger partial charge in [0.15, 0.2) is 0 Å². The average molecular weight is 403 g/mol. The minimum absolute atomic E-state index is 0.0466. The second kappa shape index (κ2) is 9.69.